The van der Waals surface area contributed by atoms with E-state index in [0.717, 1.165) is 47.0 Å². The minimum absolute atomic E-state index is 0.0335. The van der Waals surface area contributed by atoms with Gasteiger partial charge in [-0.25, -0.2) is 0 Å². The minimum atomic E-state index is -0.0878. The SMILES string of the molecule is C[C@@H]1CCc2nc3ccccc3c(C(=O)N3CCNC(=O)C3)c2C1. The van der Waals surface area contributed by atoms with E-state index in [-0.39, 0.29) is 18.4 Å². The quantitative estimate of drug-likeness (QED) is 0.872. The highest BCUT2D eigenvalue weighted by atomic mass is 16.2. The number of rotatable bonds is 1. The van der Waals surface area contributed by atoms with E-state index in [0.29, 0.717) is 19.0 Å². The van der Waals surface area contributed by atoms with E-state index < -0.39 is 0 Å². The number of piperazine rings is 1. The Balaban J connectivity index is 1.87. The normalized spacial score (nSPS) is 20.6. The zero-order valence-electron chi connectivity index (χ0n) is 13.8. The van der Waals surface area contributed by atoms with Gasteiger partial charge in [-0.1, -0.05) is 25.1 Å². The molecular formula is C19H21N3O2. The molecule has 0 bridgehead atoms. The average molecular weight is 323 g/mol. The van der Waals surface area contributed by atoms with Crippen molar-refractivity contribution in [1.82, 2.24) is 15.2 Å². The molecule has 1 aliphatic carbocycles. The molecule has 5 nitrogen and oxygen atoms in total. The summed E-state index contributed by atoms with van der Waals surface area (Å²) >= 11 is 0. The number of nitrogens with zero attached hydrogens (tertiary/aromatic N) is 2. The zero-order valence-corrected chi connectivity index (χ0v) is 13.8. The van der Waals surface area contributed by atoms with Crippen LogP contribution in [0.25, 0.3) is 10.9 Å². The molecule has 1 aliphatic heterocycles. The first-order valence-electron chi connectivity index (χ1n) is 8.60. The topological polar surface area (TPSA) is 62.3 Å². The highest BCUT2D eigenvalue weighted by molar-refractivity contribution is 6.08. The Bertz CT molecular complexity index is 831. The Morgan fingerprint density at radius 1 is 1.33 bits per heavy atom. The summed E-state index contributed by atoms with van der Waals surface area (Å²) in [7, 11) is 0. The standard InChI is InChI=1S/C19H21N3O2/c1-12-6-7-16-14(10-12)18(13-4-2-3-5-15(13)21-16)19(24)22-9-8-20-17(23)11-22/h2-5,12H,6-11H2,1H3,(H,20,23)/t12-/m1/s1. The Labute approximate surface area is 141 Å². The first-order chi connectivity index (χ1) is 11.6. The molecular weight excluding hydrogens is 302 g/mol. The summed E-state index contributed by atoms with van der Waals surface area (Å²) in [5.74, 6) is 0.431. The predicted molar refractivity (Wildman–Crippen MR) is 91.8 cm³/mol. The van der Waals surface area contributed by atoms with Gasteiger partial charge in [0.25, 0.3) is 5.91 Å². The lowest BCUT2D eigenvalue weighted by atomic mass is 9.83. The van der Waals surface area contributed by atoms with Gasteiger partial charge >= 0.3 is 0 Å². The summed E-state index contributed by atoms with van der Waals surface area (Å²) in [6.45, 7) is 3.44. The Morgan fingerprint density at radius 3 is 3.00 bits per heavy atom. The number of nitrogens with one attached hydrogen (secondary N) is 1. The van der Waals surface area contributed by atoms with Gasteiger partial charge in [-0.15, -0.1) is 0 Å². The van der Waals surface area contributed by atoms with Crippen LogP contribution in [0, 0.1) is 5.92 Å². The maximum absolute atomic E-state index is 13.3. The summed E-state index contributed by atoms with van der Waals surface area (Å²) in [5, 5.41) is 3.68. The molecule has 1 aromatic heterocycles. The van der Waals surface area contributed by atoms with Crippen molar-refractivity contribution in [2.75, 3.05) is 19.6 Å². The summed E-state index contributed by atoms with van der Waals surface area (Å²) < 4.78 is 0. The molecule has 4 rings (SSSR count). The van der Waals surface area contributed by atoms with E-state index in [4.69, 9.17) is 4.98 Å². The van der Waals surface area contributed by atoms with Crippen LogP contribution in [0.4, 0.5) is 0 Å². The van der Waals surface area contributed by atoms with Crippen molar-refractivity contribution < 1.29 is 9.59 Å². The lowest BCUT2D eigenvalue weighted by Gasteiger charge is -2.30. The fraction of sp³-hybridized carbons (Fsp3) is 0.421. The van der Waals surface area contributed by atoms with Crippen LogP contribution >= 0.6 is 0 Å². The van der Waals surface area contributed by atoms with Crippen LogP contribution in [0.15, 0.2) is 24.3 Å². The largest absolute Gasteiger partial charge is 0.353 e. The van der Waals surface area contributed by atoms with Crippen LogP contribution in [0.1, 0.15) is 35.0 Å². The first-order valence-corrected chi connectivity index (χ1v) is 8.60. The molecule has 1 atom stereocenters. The van der Waals surface area contributed by atoms with Crippen LogP contribution in [-0.4, -0.2) is 41.3 Å². The number of para-hydroxylation sites is 1. The van der Waals surface area contributed by atoms with Gasteiger partial charge in [0.1, 0.15) is 0 Å². The second-order valence-corrected chi connectivity index (χ2v) is 6.85. The lowest BCUT2D eigenvalue weighted by molar-refractivity contribution is -0.123. The van der Waals surface area contributed by atoms with Crippen molar-refractivity contribution in [3.8, 4) is 0 Å². The summed E-state index contributed by atoms with van der Waals surface area (Å²) in [6, 6.07) is 7.84. The second-order valence-electron chi connectivity index (χ2n) is 6.85. The molecule has 1 saturated heterocycles. The molecule has 5 heteroatoms. The maximum atomic E-state index is 13.3. The Hall–Kier alpha value is -2.43. The molecule has 0 spiro atoms. The summed E-state index contributed by atoms with van der Waals surface area (Å²) in [6.07, 6.45) is 2.91. The number of aryl methyl sites for hydroxylation is 1. The number of fused-ring (bicyclic) bond motifs is 2. The molecule has 0 unspecified atom stereocenters. The number of carbonyl (C=O) groups excluding carboxylic acids is 2. The van der Waals surface area contributed by atoms with Gasteiger partial charge in [0.2, 0.25) is 5.91 Å². The molecule has 124 valence electrons. The van der Waals surface area contributed by atoms with Gasteiger partial charge in [0.15, 0.2) is 0 Å². The lowest BCUT2D eigenvalue weighted by Crippen LogP contribution is -2.50. The van der Waals surface area contributed by atoms with Crippen molar-refractivity contribution in [1.29, 1.82) is 0 Å². The third-order valence-electron chi connectivity index (χ3n) is 5.04. The Morgan fingerprint density at radius 2 is 2.17 bits per heavy atom. The Kier molecular flexibility index (Phi) is 3.71. The van der Waals surface area contributed by atoms with Crippen LogP contribution in [0.3, 0.4) is 0 Å². The third kappa shape index (κ3) is 2.54. The monoisotopic (exact) mass is 323 g/mol. The van der Waals surface area contributed by atoms with Crippen molar-refractivity contribution >= 4 is 22.7 Å². The van der Waals surface area contributed by atoms with Gasteiger partial charge in [-0.05, 0) is 36.8 Å². The van der Waals surface area contributed by atoms with E-state index >= 15 is 0 Å². The fourth-order valence-electron chi connectivity index (χ4n) is 3.78. The average Bonchev–Trinajstić information content (AvgIpc) is 2.59. The number of benzene rings is 1. The maximum Gasteiger partial charge on any atom is 0.255 e. The summed E-state index contributed by atoms with van der Waals surface area (Å²) in [5.41, 5.74) is 3.77. The van der Waals surface area contributed by atoms with E-state index in [1.807, 2.05) is 24.3 Å². The van der Waals surface area contributed by atoms with E-state index in [1.165, 1.54) is 0 Å². The van der Waals surface area contributed by atoms with Crippen molar-refractivity contribution in [2.24, 2.45) is 5.92 Å². The number of amides is 2. The number of aromatic nitrogens is 1. The van der Waals surface area contributed by atoms with Gasteiger partial charge in [0, 0.05) is 24.2 Å². The van der Waals surface area contributed by atoms with Crippen molar-refractivity contribution in [3.63, 3.8) is 0 Å². The number of carbonyl (C=O) groups is 2. The molecule has 1 N–H and O–H groups in total. The number of hydrogen-bond donors (Lipinski definition) is 1. The van der Waals surface area contributed by atoms with Gasteiger partial charge < -0.3 is 10.2 Å². The van der Waals surface area contributed by atoms with Crippen molar-refractivity contribution in [2.45, 2.75) is 26.2 Å². The molecule has 1 fully saturated rings. The molecule has 2 aliphatic rings. The number of hydrogen-bond acceptors (Lipinski definition) is 3. The van der Waals surface area contributed by atoms with E-state index in [1.54, 1.807) is 4.90 Å². The smallest absolute Gasteiger partial charge is 0.255 e. The van der Waals surface area contributed by atoms with E-state index in [2.05, 4.69) is 12.2 Å². The molecule has 2 amide bonds. The molecule has 1 aromatic carbocycles. The molecule has 0 radical (unpaired) electrons. The number of pyridine rings is 1. The molecule has 24 heavy (non-hydrogen) atoms. The van der Waals surface area contributed by atoms with E-state index in [9.17, 15) is 9.59 Å². The third-order valence-corrected chi connectivity index (χ3v) is 5.04. The van der Waals surface area contributed by atoms with Crippen LogP contribution < -0.4 is 5.32 Å². The van der Waals surface area contributed by atoms with Gasteiger partial charge in [-0.3, -0.25) is 14.6 Å². The molecule has 2 aromatic rings. The minimum Gasteiger partial charge on any atom is -0.353 e. The zero-order chi connectivity index (χ0) is 16.7. The van der Waals surface area contributed by atoms with Gasteiger partial charge in [-0.2, -0.15) is 0 Å². The van der Waals surface area contributed by atoms with Crippen LogP contribution in [0.5, 0.6) is 0 Å². The highest BCUT2D eigenvalue weighted by Crippen LogP contribution is 2.32. The molecule has 0 saturated carbocycles. The molecule has 2 heterocycles. The second kappa shape index (κ2) is 5.89. The first kappa shape index (κ1) is 15.1. The van der Waals surface area contributed by atoms with Gasteiger partial charge in [0.05, 0.1) is 17.6 Å². The van der Waals surface area contributed by atoms with Crippen molar-refractivity contribution in [3.05, 3.63) is 41.1 Å². The fourth-order valence-corrected chi connectivity index (χ4v) is 3.78. The van der Waals surface area contributed by atoms with Crippen LogP contribution in [0.2, 0.25) is 0 Å². The highest BCUT2D eigenvalue weighted by Gasteiger charge is 2.29. The summed E-state index contributed by atoms with van der Waals surface area (Å²) in [4.78, 5) is 31.4. The predicted octanol–water partition coefficient (Wildman–Crippen LogP) is 1.93. The van der Waals surface area contributed by atoms with Crippen LogP contribution in [-0.2, 0) is 17.6 Å².